The lowest BCUT2D eigenvalue weighted by Gasteiger charge is -2.26. The minimum absolute atomic E-state index is 0.204. The molecule has 1 aliphatic heterocycles. The van der Waals surface area contributed by atoms with Crippen LogP contribution < -0.4 is 5.73 Å². The van der Waals surface area contributed by atoms with Crippen LogP contribution in [0.5, 0.6) is 0 Å². The molecule has 1 amide bonds. The largest absolute Gasteiger partial charge is 0.342 e. The fourth-order valence-corrected chi connectivity index (χ4v) is 3.27. The molecule has 1 aromatic heterocycles. The van der Waals surface area contributed by atoms with Crippen LogP contribution in [0, 0.1) is 0 Å². The van der Waals surface area contributed by atoms with Gasteiger partial charge in [-0.25, -0.2) is 0 Å². The van der Waals surface area contributed by atoms with Gasteiger partial charge in [0, 0.05) is 19.6 Å². The van der Waals surface area contributed by atoms with E-state index in [0.29, 0.717) is 12.3 Å². The van der Waals surface area contributed by atoms with Crippen LogP contribution in [-0.2, 0) is 17.9 Å². The van der Waals surface area contributed by atoms with Crippen molar-refractivity contribution >= 4 is 17.7 Å². The molecule has 1 fully saturated rings. The Kier molecular flexibility index (Phi) is 5.85. The molecule has 0 radical (unpaired) electrons. The smallest absolute Gasteiger partial charge is 0.233 e. The van der Waals surface area contributed by atoms with Gasteiger partial charge in [0.05, 0.1) is 12.3 Å². The molecule has 0 atom stereocenters. The van der Waals surface area contributed by atoms with Crippen molar-refractivity contribution in [2.75, 3.05) is 18.8 Å². The van der Waals surface area contributed by atoms with Gasteiger partial charge in [0.15, 0.2) is 5.16 Å². The first kappa shape index (κ1) is 15.3. The third kappa shape index (κ3) is 3.73. The zero-order valence-electron chi connectivity index (χ0n) is 12.0. The molecule has 2 N–H and O–H groups in total. The molecular formula is C13H23N5OS. The van der Waals surface area contributed by atoms with Crippen molar-refractivity contribution in [2.24, 2.45) is 5.73 Å². The van der Waals surface area contributed by atoms with Crippen LogP contribution in [0.3, 0.4) is 0 Å². The molecule has 0 saturated carbocycles. The molecule has 6 nitrogen and oxygen atoms in total. The van der Waals surface area contributed by atoms with Gasteiger partial charge in [-0.1, -0.05) is 18.7 Å². The van der Waals surface area contributed by atoms with Gasteiger partial charge in [-0.2, -0.15) is 0 Å². The number of aromatic nitrogens is 3. The number of hydrogen-bond acceptors (Lipinski definition) is 5. The number of amides is 1. The highest BCUT2D eigenvalue weighted by Gasteiger charge is 2.18. The second-order valence-electron chi connectivity index (χ2n) is 4.98. The first-order valence-electron chi connectivity index (χ1n) is 7.29. The number of piperidine rings is 1. The summed E-state index contributed by atoms with van der Waals surface area (Å²) in [5.41, 5.74) is 5.66. The normalized spacial score (nSPS) is 15.6. The highest BCUT2D eigenvalue weighted by atomic mass is 32.2. The maximum atomic E-state index is 12.1. The molecule has 0 unspecified atom stereocenters. The summed E-state index contributed by atoms with van der Waals surface area (Å²) in [5.74, 6) is 1.43. The number of thioether (sulfide) groups is 1. The molecule has 0 spiro atoms. The second kappa shape index (κ2) is 7.64. The van der Waals surface area contributed by atoms with E-state index in [0.717, 1.165) is 49.9 Å². The van der Waals surface area contributed by atoms with Gasteiger partial charge in [-0.3, -0.25) is 4.79 Å². The van der Waals surface area contributed by atoms with Crippen LogP contribution in [0.4, 0.5) is 0 Å². The summed E-state index contributed by atoms with van der Waals surface area (Å²) >= 11 is 1.47. The van der Waals surface area contributed by atoms with Crippen LogP contribution in [0.15, 0.2) is 5.16 Å². The number of likely N-dealkylation sites (tertiary alicyclic amines) is 1. The summed E-state index contributed by atoms with van der Waals surface area (Å²) in [5, 5.41) is 9.04. The Labute approximate surface area is 124 Å². The summed E-state index contributed by atoms with van der Waals surface area (Å²) in [4.78, 5) is 14.1. The van der Waals surface area contributed by atoms with Crippen LogP contribution in [-0.4, -0.2) is 44.4 Å². The summed E-state index contributed by atoms with van der Waals surface area (Å²) in [7, 11) is 0. The highest BCUT2D eigenvalue weighted by molar-refractivity contribution is 7.99. The second-order valence-corrected chi connectivity index (χ2v) is 5.93. The molecule has 1 aliphatic rings. The van der Waals surface area contributed by atoms with Gasteiger partial charge in [-0.15, -0.1) is 10.2 Å². The van der Waals surface area contributed by atoms with E-state index in [1.54, 1.807) is 0 Å². The Hall–Kier alpha value is -1.08. The van der Waals surface area contributed by atoms with Crippen molar-refractivity contribution in [3.05, 3.63) is 5.82 Å². The van der Waals surface area contributed by atoms with E-state index in [-0.39, 0.29) is 5.91 Å². The molecule has 1 saturated heterocycles. The van der Waals surface area contributed by atoms with E-state index in [4.69, 9.17) is 5.73 Å². The average Bonchev–Trinajstić information content (AvgIpc) is 2.88. The SMILES string of the molecule is CCCn1c(CN)nnc1SCC(=O)N1CCCCC1. The van der Waals surface area contributed by atoms with E-state index in [9.17, 15) is 4.79 Å². The van der Waals surface area contributed by atoms with Crippen LogP contribution in [0.1, 0.15) is 38.4 Å². The van der Waals surface area contributed by atoms with Gasteiger partial charge < -0.3 is 15.2 Å². The van der Waals surface area contributed by atoms with Crippen molar-refractivity contribution in [2.45, 2.75) is 50.9 Å². The van der Waals surface area contributed by atoms with E-state index in [1.807, 2.05) is 9.47 Å². The Morgan fingerprint density at radius 1 is 1.30 bits per heavy atom. The molecule has 7 heteroatoms. The lowest BCUT2D eigenvalue weighted by Crippen LogP contribution is -2.36. The van der Waals surface area contributed by atoms with E-state index in [2.05, 4.69) is 17.1 Å². The van der Waals surface area contributed by atoms with Gasteiger partial charge in [-0.05, 0) is 25.7 Å². The number of carbonyl (C=O) groups excluding carboxylic acids is 1. The first-order chi connectivity index (χ1) is 9.76. The Bertz CT molecular complexity index is 442. The number of nitrogens with two attached hydrogens (primary N) is 1. The molecule has 1 aromatic rings. The van der Waals surface area contributed by atoms with Gasteiger partial charge in [0.2, 0.25) is 5.91 Å². The zero-order chi connectivity index (χ0) is 14.4. The van der Waals surface area contributed by atoms with Crippen LogP contribution in [0.25, 0.3) is 0 Å². The average molecular weight is 297 g/mol. The first-order valence-corrected chi connectivity index (χ1v) is 8.27. The minimum atomic E-state index is 0.204. The third-order valence-corrected chi connectivity index (χ3v) is 4.41. The van der Waals surface area contributed by atoms with E-state index in [1.165, 1.54) is 18.2 Å². The fourth-order valence-electron chi connectivity index (χ4n) is 2.39. The Morgan fingerprint density at radius 3 is 2.70 bits per heavy atom. The molecule has 2 heterocycles. The van der Waals surface area contributed by atoms with Crippen molar-refractivity contribution < 1.29 is 4.79 Å². The summed E-state index contributed by atoms with van der Waals surface area (Å²) in [6, 6.07) is 0. The van der Waals surface area contributed by atoms with Crippen molar-refractivity contribution in [1.29, 1.82) is 0 Å². The quantitative estimate of drug-likeness (QED) is 0.800. The zero-order valence-corrected chi connectivity index (χ0v) is 12.9. The molecule has 2 rings (SSSR count). The Morgan fingerprint density at radius 2 is 2.05 bits per heavy atom. The van der Waals surface area contributed by atoms with Gasteiger partial charge in [0.1, 0.15) is 5.82 Å². The number of carbonyl (C=O) groups is 1. The predicted octanol–water partition coefficient (Wildman–Crippen LogP) is 1.25. The monoisotopic (exact) mass is 297 g/mol. The lowest BCUT2D eigenvalue weighted by molar-refractivity contribution is -0.129. The van der Waals surface area contributed by atoms with E-state index < -0.39 is 0 Å². The van der Waals surface area contributed by atoms with Gasteiger partial charge >= 0.3 is 0 Å². The van der Waals surface area contributed by atoms with Gasteiger partial charge in [0.25, 0.3) is 0 Å². The minimum Gasteiger partial charge on any atom is -0.342 e. The van der Waals surface area contributed by atoms with Crippen molar-refractivity contribution in [1.82, 2.24) is 19.7 Å². The van der Waals surface area contributed by atoms with Crippen LogP contribution >= 0.6 is 11.8 Å². The maximum Gasteiger partial charge on any atom is 0.233 e. The summed E-state index contributed by atoms with van der Waals surface area (Å²) < 4.78 is 2.02. The molecule has 0 bridgehead atoms. The summed E-state index contributed by atoms with van der Waals surface area (Å²) in [6.45, 7) is 5.13. The molecule has 112 valence electrons. The predicted molar refractivity (Wildman–Crippen MR) is 79.4 cm³/mol. The topological polar surface area (TPSA) is 77.0 Å². The van der Waals surface area contributed by atoms with Crippen LogP contribution in [0.2, 0.25) is 0 Å². The van der Waals surface area contributed by atoms with Crippen molar-refractivity contribution in [3.8, 4) is 0 Å². The third-order valence-electron chi connectivity index (χ3n) is 3.46. The van der Waals surface area contributed by atoms with E-state index >= 15 is 0 Å². The highest BCUT2D eigenvalue weighted by Crippen LogP contribution is 2.19. The lowest BCUT2D eigenvalue weighted by atomic mass is 10.1. The standard InChI is InChI=1S/C13H23N5OS/c1-2-6-18-11(9-14)15-16-13(18)20-10-12(19)17-7-4-3-5-8-17/h2-10,14H2,1H3. The summed E-state index contributed by atoms with van der Waals surface area (Å²) in [6.07, 6.45) is 4.49. The molecule has 20 heavy (non-hydrogen) atoms. The fraction of sp³-hybridized carbons (Fsp3) is 0.769. The molecule has 0 aromatic carbocycles. The number of nitrogens with zero attached hydrogens (tertiary/aromatic N) is 4. The molecule has 0 aliphatic carbocycles. The molecular weight excluding hydrogens is 274 g/mol. The Balaban J connectivity index is 1.92. The number of hydrogen-bond donors (Lipinski definition) is 1. The number of rotatable bonds is 6. The van der Waals surface area contributed by atoms with Crippen molar-refractivity contribution in [3.63, 3.8) is 0 Å². The maximum absolute atomic E-state index is 12.1.